The standard InChI is InChI=1S/C8H18N2/c1-7(2,3)9-10-8(4,5)6/h1-6H3/b10-9+. The lowest BCUT2D eigenvalue weighted by Crippen LogP contribution is -2.14. The summed E-state index contributed by atoms with van der Waals surface area (Å²) in [4.78, 5) is 0. The first-order valence-electron chi connectivity index (χ1n) is 3.65. The summed E-state index contributed by atoms with van der Waals surface area (Å²) < 4.78 is 0. The van der Waals surface area contributed by atoms with Crippen LogP contribution in [0.1, 0.15) is 41.5 Å². The highest BCUT2D eigenvalue weighted by molar-refractivity contribution is 4.72. The Hall–Kier alpha value is -0.400. The molecule has 0 aliphatic heterocycles. The first-order chi connectivity index (χ1) is 4.21. The minimum Gasteiger partial charge on any atom is -0.188 e. The molecule has 0 aliphatic rings. The number of nitrogens with zero attached hydrogens (tertiary/aromatic N) is 2. The van der Waals surface area contributed by atoms with Crippen LogP contribution in [0.25, 0.3) is 0 Å². The summed E-state index contributed by atoms with van der Waals surface area (Å²) in [6, 6.07) is 0. The van der Waals surface area contributed by atoms with Gasteiger partial charge in [-0.15, -0.1) is 0 Å². The lowest BCUT2D eigenvalue weighted by Gasteiger charge is -2.15. The number of hydrogen-bond donors (Lipinski definition) is 0. The Morgan fingerprint density at radius 2 is 0.800 bits per heavy atom. The average molecular weight is 142 g/mol. The van der Waals surface area contributed by atoms with Crippen molar-refractivity contribution in [3.05, 3.63) is 0 Å². The second-order valence-corrected chi connectivity index (χ2v) is 4.54. The van der Waals surface area contributed by atoms with Crippen molar-refractivity contribution in [1.82, 2.24) is 0 Å². The van der Waals surface area contributed by atoms with E-state index in [2.05, 4.69) is 10.2 Å². The van der Waals surface area contributed by atoms with Crippen LogP contribution in [-0.2, 0) is 0 Å². The van der Waals surface area contributed by atoms with Crippen LogP contribution < -0.4 is 0 Å². The second-order valence-electron chi connectivity index (χ2n) is 4.54. The summed E-state index contributed by atoms with van der Waals surface area (Å²) in [5, 5.41) is 8.31. The van der Waals surface area contributed by atoms with Gasteiger partial charge in [0.2, 0.25) is 0 Å². The largest absolute Gasteiger partial charge is 0.188 e. The van der Waals surface area contributed by atoms with E-state index in [1.807, 2.05) is 41.5 Å². The average Bonchev–Trinajstić information content (AvgIpc) is 1.57. The molecule has 0 fully saturated rings. The van der Waals surface area contributed by atoms with Gasteiger partial charge in [0.25, 0.3) is 0 Å². The Bertz CT molecular complexity index is 107. The maximum absolute atomic E-state index is 4.15. The lowest BCUT2D eigenvalue weighted by molar-refractivity contribution is 0.465. The Labute approximate surface area is 63.7 Å². The fourth-order valence-corrected chi connectivity index (χ4v) is 0.300. The zero-order chi connectivity index (χ0) is 8.41. The molecule has 0 rings (SSSR count). The number of hydrogen-bond acceptors (Lipinski definition) is 2. The third-order valence-corrected chi connectivity index (χ3v) is 0.650. The normalized spacial score (nSPS) is 14.6. The molecule has 0 spiro atoms. The van der Waals surface area contributed by atoms with E-state index in [1.54, 1.807) is 0 Å². The first-order valence-corrected chi connectivity index (χ1v) is 3.65. The van der Waals surface area contributed by atoms with Crippen LogP contribution in [0.15, 0.2) is 10.2 Å². The van der Waals surface area contributed by atoms with Crippen LogP contribution >= 0.6 is 0 Å². The van der Waals surface area contributed by atoms with Gasteiger partial charge in [0, 0.05) is 0 Å². The van der Waals surface area contributed by atoms with E-state index >= 15 is 0 Å². The summed E-state index contributed by atoms with van der Waals surface area (Å²) in [6.07, 6.45) is 0. The zero-order valence-corrected chi connectivity index (χ0v) is 7.89. The predicted molar refractivity (Wildman–Crippen MR) is 44.4 cm³/mol. The Morgan fingerprint density at radius 3 is 0.900 bits per heavy atom. The van der Waals surface area contributed by atoms with E-state index < -0.39 is 0 Å². The summed E-state index contributed by atoms with van der Waals surface area (Å²) in [5.74, 6) is 0. The van der Waals surface area contributed by atoms with Gasteiger partial charge in [0.1, 0.15) is 0 Å². The molecule has 0 unspecified atom stereocenters. The highest BCUT2D eigenvalue weighted by Crippen LogP contribution is 2.13. The minimum absolute atomic E-state index is 0.0344. The van der Waals surface area contributed by atoms with Gasteiger partial charge >= 0.3 is 0 Å². The van der Waals surface area contributed by atoms with Gasteiger partial charge in [-0.05, 0) is 41.5 Å². The minimum atomic E-state index is -0.0344. The van der Waals surface area contributed by atoms with Crippen LogP contribution in [0.5, 0.6) is 0 Å². The number of rotatable bonds is 0. The highest BCUT2D eigenvalue weighted by atomic mass is 15.2. The SMILES string of the molecule is CC(C)(C)/N=N/C(C)(C)C. The van der Waals surface area contributed by atoms with Crippen molar-refractivity contribution < 1.29 is 0 Å². The molecule has 0 radical (unpaired) electrons. The molecule has 0 saturated carbocycles. The summed E-state index contributed by atoms with van der Waals surface area (Å²) >= 11 is 0. The molecule has 0 heterocycles. The summed E-state index contributed by atoms with van der Waals surface area (Å²) in [6.45, 7) is 12.3. The molecule has 0 N–H and O–H groups in total. The third-order valence-electron chi connectivity index (χ3n) is 0.650. The van der Waals surface area contributed by atoms with Crippen molar-refractivity contribution in [2.45, 2.75) is 52.6 Å². The Kier molecular flexibility index (Phi) is 2.58. The van der Waals surface area contributed by atoms with Crippen molar-refractivity contribution in [3.63, 3.8) is 0 Å². The van der Waals surface area contributed by atoms with E-state index in [1.165, 1.54) is 0 Å². The van der Waals surface area contributed by atoms with Gasteiger partial charge in [-0.2, -0.15) is 10.2 Å². The van der Waals surface area contributed by atoms with Gasteiger partial charge in [0.15, 0.2) is 0 Å². The molecule has 0 bridgehead atoms. The number of azo groups is 1. The fraction of sp³-hybridized carbons (Fsp3) is 1.00. The molecule has 10 heavy (non-hydrogen) atoms. The van der Waals surface area contributed by atoms with E-state index in [0.29, 0.717) is 0 Å². The summed E-state index contributed by atoms with van der Waals surface area (Å²) in [5.41, 5.74) is -0.0689. The van der Waals surface area contributed by atoms with Crippen molar-refractivity contribution in [2.24, 2.45) is 10.2 Å². The molecule has 60 valence electrons. The quantitative estimate of drug-likeness (QED) is 0.464. The zero-order valence-electron chi connectivity index (χ0n) is 7.89. The molecule has 0 saturated heterocycles. The van der Waals surface area contributed by atoms with Crippen molar-refractivity contribution in [2.75, 3.05) is 0 Å². The van der Waals surface area contributed by atoms with Gasteiger partial charge in [0.05, 0.1) is 11.1 Å². The van der Waals surface area contributed by atoms with Gasteiger partial charge in [-0.3, -0.25) is 0 Å². The highest BCUT2D eigenvalue weighted by Gasteiger charge is 2.11. The van der Waals surface area contributed by atoms with Crippen LogP contribution in [-0.4, -0.2) is 11.1 Å². The van der Waals surface area contributed by atoms with E-state index in [4.69, 9.17) is 0 Å². The van der Waals surface area contributed by atoms with Crippen molar-refractivity contribution in [3.8, 4) is 0 Å². The van der Waals surface area contributed by atoms with Crippen LogP contribution in [0.2, 0.25) is 0 Å². The van der Waals surface area contributed by atoms with Crippen LogP contribution in [0, 0.1) is 0 Å². The van der Waals surface area contributed by atoms with Gasteiger partial charge in [-0.25, -0.2) is 0 Å². The van der Waals surface area contributed by atoms with E-state index in [-0.39, 0.29) is 11.1 Å². The predicted octanol–water partition coefficient (Wildman–Crippen LogP) is 3.04. The summed E-state index contributed by atoms with van der Waals surface area (Å²) in [7, 11) is 0. The maximum Gasteiger partial charge on any atom is 0.0732 e. The lowest BCUT2D eigenvalue weighted by atomic mass is 10.1. The first kappa shape index (κ1) is 9.60. The van der Waals surface area contributed by atoms with E-state index in [9.17, 15) is 0 Å². The molecule has 0 aromatic rings. The van der Waals surface area contributed by atoms with Crippen molar-refractivity contribution >= 4 is 0 Å². The van der Waals surface area contributed by atoms with E-state index in [0.717, 1.165) is 0 Å². The second kappa shape index (κ2) is 2.69. The smallest absolute Gasteiger partial charge is 0.0732 e. The molecule has 0 amide bonds. The molecule has 2 heteroatoms. The van der Waals surface area contributed by atoms with Crippen LogP contribution in [0.3, 0.4) is 0 Å². The van der Waals surface area contributed by atoms with Gasteiger partial charge in [-0.1, -0.05) is 0 Å². The van der Waals surface area contributed by atoms with Crippen molar-refractivity contribution in [1.29, 1.82) is 0 Å². The monoisotopic (exact) mass is 142 g/mol. The van der Waals surface area contributed by atoms with Crippen LogP contribution in [0.4, 0.5) is 0 Å². The third kappa shape index (κ3) is 7.60. The molecule has 2 nitrogen and oxygen atoms in total. The molecule has 0 aromatic carbocycles. The Morgan fingerprint density at radius 1 is 0.600 bits per heavy atom. The molecular weight excluding hydrogens is 124 g/mol. The molecule has 0 aliphatic carbocycles. The van der Waals surface area contributed by atoms with Gasteiger partial charge < -0.3 is 0 Å². The topological polar surface area (TPSA) is 24.7 Å². The maximum atomic E-state index is 4.15. The molecule has 0 aromatic heterocycles. The fourth-order valence-electron chi connectivity index (χ4n) is 0.300. The molecular formula is C8H18N2. The Balaban J connectivity index is 4.01. The molecule has 0 atom stereocenters.